The first kappa shape index (κ1) is 15.5. The van der Waals surface area contributed by atoms with Crippen molar-refractivity contribution in [3.8, 4) is 0 Å². The topological polar surface area (TPSA) is 32.7 Å². The predicted molar refractivity (Wildman–Crippen MR) is 99.2 cm³/mol. The SMILES string of the molecule is O=C1/C(=C\c2cccs2)N=C(c2ccccc2F)N1c1ccccc1. The maximum Gasteiger partial charge on any atom is 0.282 e. The van der Waals surface area contributed by atoms with Crippen molar-refractivity contribution in [3.05, 3.63) is 94.1 Å². The average molecular weight is 348 g/mol. The van der Waals surface area contributed by atoms with Crippen LogP contribution in [0.3, 0.4) is 0 Å². The molecule has 0 N–H and O–H groups in total. The highest BCUT2D eigenvalue weighted by Gasteiger charge is 2.33. The zero-order valence-electron chi connectivity index (χ0n) is 13.1. The van der Waals surface area contributed by atoms with Gasteiger partial charge in [-0.15, -0.1) is 11.3 Å². The molecule has 0 bridgehead atoms. The van der Waals surface area contributed by atoms with Crippen LogP contribution in [0.2, 0.25) is 0 Å². The van der Waals surface area contributed by atoms with Crippen LogP contribution in [-0.2, 0) is 4.79 Å². The minimum atomic E-state index is -0.410. The smallest absolute Gasteiger partial charge is 0.266 e. The number of carbonyl (C=O) groups excluding carboxylic acids is 1. The lowest BCUT2D eigenvalue weighted by Crippen LogP contribution is -2.33. The van der Waals surface area contributed by atoms with Gasteiger partial charge in [-0.1, -0.05) is 36.4 Å². The van der Waals surface area contributed by atoms with Crippen molar-refractivity contribution < 1.29 is 9.18 Å². The van der Waals surface area contributed by atoms with Crippen LogP contribution in [0.5, 0.6) is 0 Å². The molecule has 0 unspecified atom stereocenters. The molecule has 1 aliphatic rings. The van der Waals surface area contributed by atoms with E-state index in [1.54, 1.807) is 24.3 Å². The standard InChI is InChI=1S/C20H13FN2OS/c21-17-11-5-4-10-16(17)19-22-18(13-15-9-6-12-25-15)20(24)23(19)14-7-2-1-3-8-14/h1-13H/b18-13+. The second-order valence-electron chi connectivity index (χ2n) is 5.44. The van der Waals surface area contributed by atoms with Gasteiger partial charge in [0.2, 0.25) is 0 Å². The molecule has 5 heteroatoms. The molecule has 0 atom stereocenters. The van der Waals surface area contributed by atoms with Gasteiger partial charge < -0.3 is 0 Å². The monoisotopic (exact) mass is 348 g/mol. The predicted octanol–water partition coefficient (Wildman–Crippen LogP) is 4.72. The van der Waals surface area contributed by atoms with E-state index < -0.39 is 5.82 Å². The Kier molecular flexibility index (Phi) is 3.99. The van der Waals surface area contributed by atoms with Crippen LogP contribution in [0.1, 0.15) is 10.4 Å². The van der Waals surface area contributed by atoms with Gasteiger partial charge in [0.15, 0.2) is 5.84 Å². The molecule has 1 amide bonds. The molecule has 2 aromatic carbocycles. The van der Waals surface area contributed by atoms with Crippen LogP contribution < -0.4 is 4.90 Å². The van der Waals surface area contributed by atoms with Crippen molar-refractivity contribution in [2.45, 2.75) is 0 Å². The molecule has 0 fully saturated rings. The quantitative estimate of drug-likeness (QED) is 0.630. The number of thiophene rings is 1. The number of benzene rings is 2. The molecule has 1 aliphatic heterocycles. The van der Waals surface area contributed by atoms with E-state index in [4.69, 9.17) is 0 Å². The molecule has 0 radical (unpaired) electrons. The Hall–Kier alpha value is -3.05. The van der Waals surface area contributed by atoms with Gasteiger partial charge in [0.1, 0.15) is 11.5 Å². The zero-order chi connectivity index (χ0) is 17.2. The minimum absolute atomic E-state index is 0.266. The summed E-state index contributed by atoms with van der Waals surface area (Å²) in [5.74, 6) is -0.373. The largest absolute Gasteiger partial charge is 0.282 e. The maximum atomic E-state index is 14.3. The number of rotatable bonds is 3. The summed E-state index contributed by atoms with van der Waals surface area (Å²) in [6.07, 6.45) is 1.73. The fraction of sp³-hybridized carbons (Fsp3) is 0. The van der Waals surface area contributed by atoms with Crippen molar-refractivity contribution in [1.29, 1.82) is 0 Å². The van der Waals surface area contributed by atoms with Gasteiger partial charge in [0.05, 0.1) is 11.3 Å². The molecule has 4 rings (SSSR count). The fourth-order valence-electron chi connectivity index (χ4n) is 2.66. The summed E-state index contributed by atoms with van der Waals surface area (Å²) in [5, 5.41) is 1.93. The molecule has 25 heavy (non-hydrogen) atoms. The molecule has 3 nitrogen and oxygen atoms in total. The first-order valence-electron chi connectivity index (χ1n) is 7.72. The van der Waals surface area contributed by atoms with Gasteiger partial charge in [-0.05, 0) is 41.8 Å². The van der Waals surface area contributed by atoms with Crippen molar-refractivity contribution >= 4 is 34.8 Å². The maximum absolute atomic E-state index is 14.3. The van der Waals surface area contributed by atoms with E-state index >= 15 is 0 Å². The van der Waals surface area contributed by atoms with Crippen molar-refractivity contribution in [2.75, 3.05) is 4.90 Å². The van der Waals surface area contributed by atoms with Crippen molar-refractivity contribution in [3.63, 3.8) is 0 Å². The Bertz CT molecular complexity index is 978. The Balaban J connectivity index is 1.86. The number of anilines is 1. The third kappa shape index (κ3) is 2.90. The molecule has 3 aromatic rings. The molecule has 0 spiro atoms. The summed E-state index contributed by atoms with van der Waals surface area (Å²) in [5.41, 5.74) is 1.25. The van der Waals surface area contributed by atoms with Crippen LogP contribution in [0.25, 0.3) is 6.08 Å². The number of para-hydroxylation sites is 1. The second kappa shape index (κ2) is 6.45. The van der Waals surface area contributed by atoms with Crippen LogP contribution in [0, 0.1) is 5.82 Å². The summed E-state index contributed by atoms with van der Waals surface area (Å²) >= 11 is 1.52. The van der Waals surface area contributed by atoms with Gasteiger partial charge in [-0.3, -0.25) is 9.69 Å². The highest BCUT2D eigenvalue weighted by atomic mass is 32.1. The summed E-state index contributed by atoms with van der Waals surface area (Å²) in [6.45, 7) is 0. The van der Waals surface area contributed by atoms with Crippen molar-refractivity contribution in [2.24, 2.45) is 4.99 Å². The lowest BCUT2D eigenvalue weighted by Gasteiger charge is -2.18. The Morgan fingerprint density at radius 1 is 0.960 bits per heavy atom. The third-order valence-electron chi connectivity index (χ3n) is 3.81. The summed E-state index contributed by atoms with van der Waals surface area (Å²) < 4.78 is 14.3. The molecule has 2 heterocycles. The average Bonchev–Trinajstić information content (AvgIpc) is 3.25. The fourth-order valence-corrected chi connectivity index (χ4v) is 3.32. The van der Waals surface area contributed by atoms with Crippen LogP contribution in [0.4, 0.5) is 10.1 Å². The van der Waals surface area contributed by atoms with E-state index in [-0.39, 0.29) is 5.91 Å². The normalized spacial score (nSPS) is 15.7. The van der Waals surface area contributed by atoms with E-state index in [0.717, 1.165) is 4.88 Å². The van der Waals surface area contributed by atoms with Gasteiger partial charge in [-0.2, -0.15) is 0 Å². The number of nitrogens with zero attached hydrogens (tertiary/aromatic N) is 2. The van der Waals surface area contributed by atoms with Crippen LogP contribution in [-0.4, -0.2) is 11.7 Å². The Morgan fingerprint density at radius 3 is 2.44 bits per heavy atom. The van der Waals surface area contributed by atoms with Gasteiger partial charge in [0, 0.05) is 4.88 Å². The first-order chi connectivity index (χ1) is 12.2. The number of hydrogen-bond donors (Lipinski definition) is 0. The summed E-state index contributed by atoms with van der Waals surface area (Å²) in [6, 6.07) is 19.3. The molecular weight excluding hydrogens is 335 g/mol. The lowest BCUT2D eigenvalue weighted by atomic mass is 10.1. The van der Waals surface area contributed by atoms with Crippen LogP contribution in [0.15, 0.2) is 82.8 Å². The molecule has 0 saturated heterocycles. The van der Waals surface area contributed by atoms with E-state index in [9.17, 15) is 9.18 Å². The number of halogens is 1. The highest BCUT2D eigenvalue weighted by Crippen LogP contribution is 2.29. The van der Waals surface area contributed by atoms with Gasteiger partial charge in [-0.25, -0.2) is 9.38 Å². The number of amides is 1. The minimum Gasteiger partial charge on any atom is -0.266 e. The van der Waals surface area contributed by atoms with E-state index in [0.29, 0.717) is 22.8 Å². The molecular formula is C20H13FN2OS. The molecule has 0 aliphatic carbocycles. The van der Waals surface area contributed by atoms with E-state index in [2.05, 4.69) is 4.99 Å². The van der Waals surface area contributed by atoms with Gasteiger partial charge in [0.25, 0.3) is 5.91 Å². The number of aliphatic imine (C=N–C) groups is 1. The zero-order valence-corrected chi connectivity index (χ0v) is 13.9. The van der Waals surface area contributed by atoms with Gasteiger partial charge >= 0.3 is 0 Å². The summed E-state index contributed by atoms with van der Waals surface area (Å²) in [4.78, 5) is 19.8. The first-order valence-corrected chi connectivity index (χ1v) is 8.60. The van der Waals surface area contributed by atoms with E-state index in [1.807, 2.05) is 47.8 Å². The Morgan fingerprint density at radius 2 is 1.72 bits per heavy atom. The van der Waals surface area contributed by atoms with E-state index in [1.165, 1.54) is 22.3 Å². The second-order valence-corrected chi connectivity index (χ2v) is 6.42. The molecule has 0 saturated carbocycles. The molecule has 122 valence electrons. The molecule has 1 aromatic heterocycles. The number of hydrogen-bond acceptors (Lipinski definition) is 3. The summed E-state index contributed by atoms with van der Waals surface area (Å²) in [7, 11) is 0. The highest BCUT2D eigenvalue weighted by molar-refractivity contribution is 7.10. The third-order valence-corrected chi connectivity index (χ3v) is 4.63. The van der Waals surface area contributed by atoms with Crippen molar-refractivity contribution in [1.82, 2.24) is 0 Å². The van der Waals surface area contributed by atoms with Crippen LogP contribution >= 0.6 is 11.3 Å². The number of carbonyl (C=O) groups is 1. The Labute approximate surface area is 148 Å². The number of amidine groups is 1. The lowest BCUT2D eigenvalue weighted by molar-refractivity contribution is -0.113.